The summed E-state index contributed by atoms with van der Waals surface area (Å²) in [4.78, 5) is 0. The topological polar surface area (TPSA) is 18.5 Å². The number of hydrogen-bond acceptors (Lipinski definition) is 2. The van der Waals surface area contributed by atoms with Crippen LogP contribution in [0.3, 0.4) is 0 Å². The molecule has 0 N–H and O–H groups in total. The van der Waals surface area contributed by atoms with E-state index in [4.69, 9.17) is 9.47 Å². The SMILES string of the molecule is CCCCOC(C)(C)CCOC. The lowest BCUT2D eigenvalue weighted by molar-refractivity contribution is -0.0374. The van der Waals surface area contributed by atoms with Crippen molar-refractivity contribution in [3.8, 4) is 0 Å². The van der Waals surface area contributed by atoms with Gasteiger partial charge in [-0.15, -0.1) is 0 Å². The fourth-order valence-corrected chi connectivity index (χ4v) is 0.913. The maximum atomic E-state index is 5.69. The van der Waals surface area contributed by atoms with Gasteiger partial charge in [-0.2, -0.15) is 0 Å². The molecule has 0 atom stereocenters. The normalized spacial score (nSPS) is 12.0. The molecule has 0 bridgehead atoms. The van der Waals surface area contributed by atoms with Gasteiger partial charge in [0.1, 0.15) is 0 Å². The third-order valence-corrected chi connectivity index (χ3v) is 1.90. The van der Waals surface area contributed by atoms with Crippen molar-refractivity contribution >= 4 is 0 Å². The van der Waals surface area contributed by atoms with E-state index >= 15 is 0 Å². The van der Waals surface area contributed by atoms with Crippen LogP contribution in [0.4, 0.5) is 0 Å². The van der Waals surface area contributed by atoms with Crippen molar-refractivity contribution < 1.29 is 9.47 Å². The van der Waals surface area contributed by atoms with Gasteiger partial charge in [0.15, 0.2) is 0 Å². The first kappa shape index (κ1) is 11.9. The molecule has 0 aliphatic carbocycles. The molecule has 0 aromatic heterocycles. The van der Waals surface area contributed by atoms with Gasteiger partial charge in [0, 0.05) is 20.3 Å². The molecule has 0 spiro atoms. The predicted molar refractivity (Wildman–Crippen MR) is 51.4 cm³/mol. The minimum absolute atomic E-state index is 0.0226. The van der Waals surface area contributed by atoms with Crippen LogP contribution in [0.15, 0.2) is 0 Å². The van der Waals surface area contributed by atoms with E-state index in [2.05, 4.69) is 20.8 Å². The Bertz CT molecular complexity index is 100. The molecule has 0 amide bonds. The van der Waals surface area contributed by atoms with Gasteiger partial charge in [0.05, 0.1) is 5.60 Å². The van der Waals surface area contributed by atoms with Gasteiger partial charge < -0.3 is 9.47 Å². The Labute approximate surface area is 76.3 Å². The van der Waals surface area contributed by atoms with Crippen molar-refractivity contribution in [3.63, 3.8) is 0 Å². The highest BCUT2D eigenvalue weighted by Crippen LogP contribution is 2.14. The Morgan fingerprint density at radius 2 is 1.83 bits per heavy atom. The molecule has 0 unspecified atom stereocenters. The molecule has 0 aromatic rings. The fourth-order valence-electron chi connectivity index (χ4n) is 0.913. The van der Waals surface area contributed by atoms with E-state index in [1.54, 1.807) is 7.11 Å². The van der Waals surface area contributed by atoms with E-state index in [0.29, 0.717) is 0 Å². The van der Waals surface area contributed by atoms with Crippen LogP contribution < -0.4 is 0 Å². The van der Waals surface area contributed by atoms with Crippen LogP contribution in [-0.4, -0.2) is 25.9 Å². The number of rotatable bonds is 7. The van der Waals surface area contributed by atoms with Crippen LogP contribution in [0.25, 0.3) is 0 Å². The highest BCUT2D eigenvalue weighted by atomic mass is 16.5. The van der Waals surface area contributed by atoms with Crippen molar-refractivity contribution in [2.24, 2.45) is 0 Å². The Hall–Kier alpha value is -0.0800. The second-order valence-corrected chi connectivity index (χ2v) is 3.70. The summed E-state index contributed by atoms with van der Waals surface area (Å²) in [7, 11) is 1.72. The molecule has 74 valence electrons. The van der Waals surface area contributed by atoms with Crippen molar-refractivity contribution in [2.45, 2.75) is 45.6 Å². The lowest BCUT2D eigenvalue weighted by Crippen LogP contribution is -2.26. The highest BCUT2D eigenvalue weighted by molar-refractivity contribution is 4.67. The van der Waals surface area contributed by atoms with E-state index < -0.39 is 0 Å². The van der Waals surface area contributed by atoms with E-state index in [1.165, 1.54) is 6.42 Å². The zero-order valence-corrected chi connectivity index (χ0v) is 8.85. The summed E-state index contributed by atoms with van der Waals surface area (Å²) in [5, 5.41) is 0. The Morgan fingerprint density at radius 1 is 1.17 bits per heavy atom. The predicted octanol–water partition coefficient (Wildman–Crippen LogP) is 2.62. The van der Waals surface area contributed by atoms with E-state index in [-0.39, 0.29) is 5.60 Å². The first-order valence-corrected chi connectivity index (χ1v) is 4.75. The molecule has 2 nitrogen and oxygen atoms in total. The number of ether oxygens (including phenoxy) is 2. The second-order valence-electron chi connectivity index (χ2n) is 3.70. The third kappa shape index (κ3) is 6.62. The molecule has 0 radical (unpaired) electrons. The van der Waals surface area contributed by atoms with E-state index in [1.807, 2.05) is 0 Å². The Balaban J connectivity index is 3.42. The van der Waals surface area contributed by atoms with E-state index in [0.717, 1.165) is 26.1 Å². The standard InChI is InChI=1S/C10H22O2/c1-5-6-8-12-10(2,3)7-9-11-4/h5-9H2,1-4H3. The quantitative estimate of drug-likeness (QED) is 0.552. The van der Waals surface area contributed by atoms with Crippen molar-refractivity contribution in [2.75, 3.05) is 20.3 Å². The van der Waals surface area contributed by atoms with Crippen LogP contribution in [0.5, 0.6) is 0 Å². The molecule has 0 aliphatic rings. The molecule has 0 rings (SSSR count). The lowest BCUT2D eigenvalue weighted by Gasteiger charge is -2.24. The van der Waals surface area contributed by atoms with Crippen molar-refractivity contribution in [3.05, 3.63) is 0 Å². The molecular weight excluding hydrogens is 152 g/mol. The second kappa shape index (κ2) is 6.44. The lowest BCUT2D eigenvalue weighted by atomic mass is 10.1. The summed E-state index contributed by atoms with van der Waals surface area (Å²) in [6.45, 7) is 8.04. The molecule has 0 aromatic carbocycles. The largest absolute Gasteiger partial charge is 0.385 e. The molecule has 2 heteroatoms. The van der Waals surface area contributed by atoms with Crippen LogP contribution in [0.1, 0.15) is 40.0 Å². The minimum atomic E-state index is -0.0226. The van der Waals surface area contributed by atoms with Crippen LogP contribution in [-0.2, 0) is 9.47 Å². The monoisotopic (exact) mass is 174 g/mol. The molecular formula is C10H22O2. The van der Waals surface area contributed by atoms with Gasteiger partial charge in [-0.05, 0) is 26.7 Å². The van der Waals surface area contributed by atoms with Crippen LogP contribution in [0, 0.1) is 0 Å². The molecule has 0 fully saturated rings. The van der Waals surface area contributed by atoms with Gasteiger partial charge in [0.2, 0.25) is 0 Å². The van der Waals surface area contributed by atoms with Crippen molar-refractivity contribution in [1.82, 2.24) is 0 Å². The van der Waals surface area contributed by atoms with Crippen molar-refractivity contribution in [1.29, 1.82) is 0 Å². The fraction of sp³-hybridized carbons (Fsp3) is 1.00. The molecule has 12 heavy (non-hydrogen) atoms. The summed E-state index contributed by atoms with van der Waals surface area (Å²) >= 11 is 0. The summed E-state index contributed by atoms with van der Waals surface area (Å²) in [5.41, 5.74) is -0.0226. The zero-order chi connectivity index (χ0) is 9.45. The first-order chi connectivity index (χ1) is 5.62. The maximum absolute atomic E-state index is 5.69. The summed E-state index contributed by atoms with van der Waals surface area (Å²) in [5.74, 6) is 0. The third-order valence-electron chi connectivity index (χ3n) is 1.90. The number of hydrogen-bond donors (Lipinski definition) is 0. The Morgan fingerprint density at radius 3 is 2.33 bits per heavy atom. The van der Waals surface area contributed by atoms with Crippen LogP contribution in [0.2, 0.25) is 0 Å². The average molecular weight is 174 g/mol. The molecule has 0 heterocycles. The van der Waals surface area contributed by atoms with Gasteiger partial charge in [-0.3, -0.25) is 0 Å². The average Bonchev–Trinajstić information content (AvgIpc) is 2.01. The molecule has 0 aliphatic heterocycles. The summed E-state index contributed by atoms with van der Waals surface area (Å²) < 4.78 is 10.7. The van der Waals surface area contributed by atoms with Crippen LogP contribution >= 0.6 is 0 Å². The van der Waals surface area contributed by atoms with Gasteiger partial charge in [-0.1, -0.05) is 13.3 Å². The number of methoxy groups -OCH3 is 1. The van der Waals surface area contributed by atoms with Gasteiger partial charge in [-0.25, -0.2) is 0 Å². The summed E-state index contributed by atoms with van der Waals surface area (Å²) in [6.07, 6.45) is 3.31. The molecule has 0 saturated carbocycles. The van der Waals surface area contributed by atoms with Gasteiger partial charge >= 0.3 is 0 Å². The minimum Gasteiger partial charge on any atom is -0.385 e. The Kier molecular flexibility index (Phi) is 6.39. The van der Waals surface area contributed by atoms with Gasteiger partial charge in [0.25, 0.3) is 0 Å². The molecule has 0 saturated heterocycles. The van der Waals surface area contributed by atoms with E-state index in [9.17, 15) is 0 Å². The highest BCUT2D eigenvalue weighted by Gasteiger charge is 2.16. The first-order valence-electron chi connectivity index (χ1n) is 4.75. The maximum Gasteiger partial charge on any atom is 0.0648 e. The summed E-state index contributed by atoms with van der Waals surface area (Å²) in [6, 6.07) is 0. The number of unbranched alkanes of at least 4 members (excludes halogenated alkanes) is 1. The smallest absolute Gasteiger partial charge is 0.0648 e. The zero-order valence-electron chi connectivity index (χ0n) is 8.85.